The fraction of sp³-hybridized carbons (Fsp3) is 0.684. The number of carbonyl (C=O) groups excluding carboxylic acids is 1. The van der Waals surface area contributed by atoms with Crippen LogP contribution >= 0.6 is 0 Å². The van der Waals surface area contributed by atoms with Crippen LogP contribution in [-0.2, 0) is 4.74 Å². The molecule has 1 N–H and O–H groups in total. The van der Waals surface area contributed by atoms with E-state index in [1.54, 1.807) is 0 Å². The highest BCUT2D eigenvalue weighted by Crippen LogP contribution is 2.35. The van der Waals surface area contributed by atoms with Crippen molar-refractivity contribution in [2.24, 2.45) is 5.92 Å². The number of hydrogen-bond donors (Lipinski definition) is 0. The predicted molar refractivity (Wildman–Crippen MR) is 92.0 cm³/mol. The molecule has 2 saturated heterocycles. The first-order chi connectivity index (χ1) is 11.8. The summed E-state index contributed by atoms with van der Waals surface area (Å²) >= 11 is 0. The molecule has 0 bridgehead atoms. The fourth-order valence-electron chi connectivity index (χ4n) is 4.63. The van der Waals surface area contributed by atoms with Gasteiger partial charge in [0.15, 0.2) is 6.20 Å². The van der Waals surface area contributed by atoms with Gasteiger partial charge in [0, 0.05) is 43.5 Å². The summed E-state index contributed by atoms with van der Waals surface area (Å²) in [5.74, 6) is 0.903. The Morgan fingerprint density at radius 3 is 2.75 bits per heavy atom. The molecule has 1 saturated carbocycles. The van der Waals surface area contributed by atoms with Crippen LogP contribution in [0.25, 0.3) is 0 Å². The number of H-pyrrole nitrogens is 1. The van der Waals surface area contributed by atoms with Gasteiger partial charge in [-0.15, -0.1) is 0 Å². The van der Waals surface area contributed by atoms with Crippen LogP contribution in [0, 0.1) is 5.92 Å². The summed E-state index contributed by atoms with van der Waals surface area (Å²) < 4.78 is 5.43. The molecule has 1 aliphatic carbocycles. The van der Waals surface area contributed by atoms with Crippen molar-refractivity contribution in [2.45, 2.75) is 44.6 Å². The van der Waals surface area contributed by atoms with E-state index in [-0.39, 0.29) is 5.91 Å². The number of anilines is 1. The third-order valence-electron chi connectivity index (χ3n) is 5.90. The normalized spacial score (nSPS) is 27.7. The second-order valence-electron chi connectivity index (χ2n) is 7.31. The van der Waals surface area contributed by atoms with Gasteiger partial charge < -0.3 is 14.5 Å². The number of likely N-dealkylation sites (tertiary alicyclic amines) is 1. The van der Waals surface area contributed by atoms with Crippen LogP contribution in [0.15, 0.2) is 18.3 Å². The van der Waals surface area contributed by atoms with E-state index in [1.807, 2.05) is 12.3 Å². The van der Waals surface area contributed by atoms with Gasteiger partial charge in [-0.25, -0.2) is 4.98 Å². The highest BCUT2D eigenvalue weighted by atomic mass is 16.5. The van der Waals surface area contributed by atoms with E-state index in [4.69, 9.17) is 4.74 Å². The number of rotatable bonds is 2. The standard InChI is InChI=1S/C19H27N3O2/c23-19(22-9-3-5-15-4-1-2-6-18(15)22)17-14-16(7-8-20-17)21-10-12-24-13-11-21/h7-8,14-15,18H,1-6,9-13H2/p+1/t15-,18+/m1/s1. The van der Waals surface area contributed by atoms with Crippen LogP contribution in [0.5, 0.6) is 0 Å². The Balaban J connectivity index is 1.53. The van der Waals surface area contributed by atoms with Gasteiger partial charge in [0.1, 0.15) is 0 Å². The van der Waals surface area contributed by atoms with Crippen LogP contribution in [-0.4, -0.2) is 49.7 Å². The molecule has 24 heavy (non-hydrogen) atoms. The maximum Gasteiger partial charge on any atom is 0.318 e. The van der Waals surface area contributed by atoms with Gasteiger partial charge in [-0.1, -0.05) is 12.8 Å². The van der Waals surface area contributed by atoms with Crippen molar-refractivity contribution >= 4 is 11.6 Å². The predicted octanol–water partition coefficient (Wildman–Crippen LogP) is 2.13. The molecule has 0 spiro atoms. The molecule has 5 heteroatoms. The number of carbonyl (C=O) groups is 1. The SMILES string of the molecule is O=C(c1cc(N2CCOCC2)cc[nH+]1)N1CCC[C@H]2CCCC[C@@H]21. The lowest BCUT2D eigenvalue weighted by Crippen LogP contribution is -2.50. The highest BCUT2D eigenvalue weighted by molar-refractivity contribution is 5.92. The number of amides is 1. The third kappa shape index (κ3) is 3.14. The van der Waals surface area contributed by atoms with Crippen molar-refractivity contribution in [1.82, 2.24) is 4.90 Å². The van der Waals surface area contributed by atoms with Gasteiger partial charge in [0.2, 0.25) is 0 Å². The van der Waals surface area contributed by atoms with Gasteiger partial charge in [-0.3, -0.25) is 4.79 Å². The van der Waals surface area contributed by atoms with Crippen molar-refractivity contribution in [1.29, 1.82) is 0 Å². The minimum atomic E-state index is 0.182. The summed E-state index contributed by atoms with van der Waals surface area (Å²) in [6, 6.07) is 4.54. The number of aromatic nitrogens is 1. The highest BCUT2D eigenvalue weighted by Gasteiger charge is 2.37. The average molecular weight is 330 g/mol. The molecule has 0 radical (unpaired) electrons. The molecule has 0 unspecified atom stereocenters. The lowest BCUT2D eigenvalue weighted by atomic mass is 9.78. The fourth-order valence-corrected chi connectivity index (χ4v) is 4.63. The molecular formula is C19H28N3O2+. The van der Waals surface area contributed by atoms with Gasteiger partial charge in [0.25, 0.3) is 5.69 Å². The maximum absolute atomic E-state index is 13.1. The number of morpholine rings is 1. The Kier molecular flexibility index (Phi) is 4.69. The van der Waals surface area contributed by atoms with Crippen molar-refractivity contribution in [3.8, 4) is 0 Å². The van der Waals surface area contributed by atoms with Crippen molar-refractivity contribution in [2.75, 3.05) is 37.7 Å². The van der Waals surface area contributed by atoms with Gasteiger partial charge in [-0.05, 0) is 31.6 Å². The zero-order chi connectivity index (χ0) is 16.4. The number of fused-ring (bicyclic) bond motifs is 1. The van der Waals surface area contributed by atoms with E-state index in [2.05, 4.69) is 20.9 Å². The summed E-state index contributed by atoms with van der Waals surface area (Å²) in [5, 5.41) is 0. The lowest BCUT2D eigenvalue weighted by molar-refractivity contribution is -0.382. The molecule has 0 aromatic carbocycles. The van der Waals surface area contributed by atoms with Gasteiger partial charge in [0.05, 0.1) is 13.2 Å². The Bertz CT molecular complexity index is 584. The van der Waals surface area contributed by atoms with E-state index in [0.29, 0.717) is 6.04 Å². The monoisotopic (exact) mass is 330 g/mol. The molecule has 3 aliphatic rings. The quantitative estimate of drug-likeness (QED) is 0.834. The van der Waals surface area contributed by atoms with Crippen molar-refractivity contribution in [3.63, 3.8) is 0 Å². The number of aromatic amines is 1. The van der Waals surface area contributed by atoms with E-state index >= 15 is 0 Å². The summed E-state index contributed by atoms with van der Waals surface area (Å²) in [7, 11) is 0. The minimum absolute atomic E-state index is 0.182. The number of nitrogens with zero attached hydrogens (tertiary/aromatic N) is 2. The molecule has 3 heterocycles. The second-order valence-corrected chi connectivity index (χ2v) is 7.31. The van der Waals surface area contributed by atoms with Gasteiger partial charge >= 0.3 is 5.91 Å². The first-order valence-electron chi connectivity index (χ1n) is 9.48. The Labute approximate surface area is 144 Å². The molecule has 5 nitrogen and oxygen atoms in total. The van der Waals surface area contributed by atoms with Crippen LogP contribution in [0.4, 0.5) is 5.69 Å². The molecule has 1 aromatic heterocycles. The maximum atomic E-state index is 13.1. The number of ether oxygens (including phenoxy) is 1. The van der Waals surface area contributed by atoms with E-state index in [0.717, 1.165) is 56.6 Å². The number of piperidine rings is 1. The first-order valence-corrected chi connectivity index (χ1v) is 9.48. The van der Waals surface area contributed by atoms with Crippen LogP contribution < -0.4 is 9.88 Å². The lowest BCUT2D eigenvalue weighted by Gasteiger charge is -2.43. The van der Waals surface area contributed by atoms with Crippen LogP contribution in [0.2, 0.25) is 0 Å². The van der Waals surface area contributed by atoms with E-state index in [1.165, 1.54) is 32.1 Å². The third-order valence-corrected chi connectivity index (χ3v) is 5.90. The summed E-state index contributed by atoms with van der Waals surface area (Å²) in [4.78, 5) is 20.8. The number of hydrogen-bond acceptors (Lipinski definition) is 3. The number of pyridine rings is 1. The minimum Gasteiger partial charge on any atom is -0.378 e. The Morgan fingerprint density at radius 1 is 1.08 bits per heavy atom. The van der Waals surface area contributed by atoms with Crippen LogP contribution in [0.3, 0.4) is 0 Å². The van der Waals surface area contributed by atoms with Crippen molar-refractivity contribution in [3.05, 3.63) is 24.0 Å². The molecular weight excluding hydrogens is 302 g/mol. The molecule has 130 valence electrons. The molecule has 2 aliphatic heterocycles. The zero-order valence-corrected chi connectivity index (χ0v) is 14.4. The van der Waals surface area contributed by atoms with Gasteiger partial charge in [-0.2, -0.15) is 0 Å². The van der Waals surface area contributed by atoms with E-state index < -0.39 is 0 Å². The Hall–Kier alpha value is -1.62. The van der Waals surface area contributed by atoms with Crippen molar-refractivity contribution < 1.29 is 14.5 Å². The largest absolute Gasteiger partial charge is 0.378 e. The zero-order valence-electron chi connectivity index (χ0n) is 14.4. The topological polar surface area (TPSA) is 46.9 Å². The smallest absolute Gasteiger partial charge is 0.318 e. The molecule has 3 fully saturated rings. The average Bonchev–Trinajstić information content (AvgIpc) is 2.68. The first kappa shape index (κ1) is 15.9. The Morgan fingerprint density at radius 2 is 1.88 bits per heavy atom. The molecule has 2 atom stereocenters. The molecule has 1 amide bonds. The van der Waals surface area contributed by atoms with E-state index in [9.17, 15) is 4.79 Å². The molecule has 1 aromatic rings. The summed E-state index contributed by atoms with van der Waals surface area (Å²) in [5.41, 5.74) is 1.85. The summed E-state index contributed by atoms with van der Waals surface area (Å²) in [6.45, 7) is 4.23. The second kappa shape index (κ2) is 7.09. The number of nitrogens with one attached hydrogen (secondary N) is 1. The summed E-state index contributed by atoms with van der Waals surface area (Å²) in [6.07, 6.45) is 9.43. The van der Waals surface area contributed by atoms with Crippen LogP contribution in [0.1, 0.15) is 49.0 Å². The molecule has 4 rings (SSSR count).